The molecule has 0 fully saturated rings. The van der Waals surface area contributed by atoms with Gasteiger partial charge in [-0.15, -0.1) is 5.10 Å². The average molecular weight is 365 g/mol. The molecule has 27 heavy (non-hydrogen) atoms. The van der Waals surface area contributed by atoms with E-state index >= 15 is 0 Å². The normalized spacial score (nSPS) is 10.3. The third-order valence-electron chi connectivity index (χ3n) is 3.59. The number of hydrogen-bond acceptors (Lipinski definition) is 5. The largest absolute Gasteiger partial charge is 0.484 e. The van der Waals surface area contributed by atoms with E-state index in [0.29, 0.717) is 5.75 Å². The van der Waals surface area contributed by atoms with Crippen molar-refractivity contribution < 1.29 is 14.3 Å². The summed E-state index contributed by atoms with van der Waals surface area (Å²) in [5, 5.41) is 8.12. The predicted molar refractivity (Wildman–Crippen MR) is 98.4 cm³/mol. The maximum atomic E-state index is 12.1. The highest BCUT2D eigenvalue weighted by atomic mass is 16.5. The maximum absolute atomic E-state index is 12.1. The average Bonchev–Trinajstić information content (AvgIpc) is 3.15. The number of hydrogen-bond donors (Lipinski definition) is 2. The summed E-state index contributed by atoms with van der Waals surface area (Å²) in [4.78, 5) is 25.3. The third kappa shape index (κ3) is 4.91. The predicted octanol–water partition coefficient (Wildman–Crippen LogP) is 1.72. The summed E-state index contributed by atoms with van der Waals surface area (Å²) < 4.78 is 5.43. The molecule has 2 aromatic carbocycles. The summed E-state index contributed by atoms with van der Waals surface area (Å²) >= 11 is 0. The van der Waals surface area contributed by atoms with Gasteiger partial charge >= 0.3 is 0 Å². The first-order valence-electron chi connectivity index (χ1n) is 8.29. The molecule has 3 rings (SSSR count). The van der Waals surface area contributed by atoms with Crippen molar-refractivity contribution in [3.63, 3.8) is 0 Å². The molecule has 2 amide bonds. The lowest BCUT2D eigenvalue weighted by Gasteiger charge is -2.09. The molecule has 0 aliphatic rings. The summed E-state index contributed by atoms with van der Waals surface area (Å²) in [6, 6.07) is 14.9. The number of amides is 2. The van der Waals surface area contributed by atoms with E-state index in [2.05, 4.69) is 21.0 Å². The fourth-order valence-corrected chi connectivity index (χ4v) is 2.44. The summed E-state index contributed by atoms with van der Waals surface area (Å²) in [7, 11) is 0. The van der Waals surface area contributed by atoms with Crippen LogP contribution in [0.2, 0.25) is 0 Å². The smallest absolute Gasteiger partial charge is 0.291 e. The fraction of sp³-hybridized carbons (Fsp3) is 0.158. The standard InChI is InChI=1S/C19H19N5O3/c1-13-8-14(2)10-16(9-13)27-12-18(25)21-22-19(26)17-11-20-24(23-17)15-6-4-3-5-7-15/h3-11H,12H2,1-2H3,(H,21,25)(H,22,26). The Hall–Kier alpha value is -3.68. The number of aromatic nitrogens is 3. The number of nitrogens with zero attached hydrogens (tertiary/aromatic N) is 3. The summed E-state index contributed by atoms with van der Waals surface area (Å²) in [6.07, 6.45) is 1.32. The molecule has 0 aliphatic carbocycles. The van der Waals surface area contributed by atoms with Crippen molar-refractivity contribution >= 4 is 11.8 Å². The van der Waals surface area contributed by atoms with Crippen LogP contribution in [0.1, 0.15) is 21.6 Å². The van der Waals surface area contributed by atoms with Gasteiger partial charge in [0, 0.05) is 0 Å². The van der Waals surface area contributed by atoms with Gasteiger partial charge in [-0.05, 0) is 49.2 Å². The van der Waals surface area contributed by atoms with E-state index in [4.69, 9.17) is 4.74 Å². The molecule has 0 radical (unpaired) electrons. The minimum absolute atomic E-state index is 0.0781. The van der Waals surface area contributed by atoms with Crippen LogP contribution in [-0.4, -0.2) is 33.4 Å². The molecule has 0 saturated heterocycles. The number of nitrogens with one attached hydrogen (secondary N) is 2. The van der Waals surface area contributed by atoms with Crippen LogP contribution in [0.4, 0.5) is 0 Å². The number of carbonyl (C=O) groups excluding carboxylic acids is 2. The molecular formula is C19H19N5O3. The lowest BCUT2D eigenvalue weighted by Crippen LogP contribution is -2.44. The molecule has 0 spiro atoms. The van der Waals surface area contributed by atoms with Crippen LogP contribution in [0, 0.1) is 13.8 Å². The minimum Gasteiger partial charge on any atom is -0.484 e. The first kappa shape index (κ1) is 18.1. The lowest BCUT2D eigenvalue weighted by atomic mass is 10.1. The Morgan fingerprint density at radius 2 is 1.74 bits per heavy atom. The summed E-state index contributed by atoms with van der Waals surface area (Å²) in [5.74, 6) is -0.463. The van der Waals surface area contributed by atoms with Crippen molar-refractivity contribution in [1.29, 1.82) is 0 Å². The Balaban J connectivity index is 1.50. The molecule has 0 saturated carbocycles. The molecule has 0 bridgehead atoms. The molecule has 8 heteroatoms. The van der Waals surface area contributed by atoms with Crippen molar-refractivity contribution in [2.45, 2.75) is 13.8 Å². The van der Waals surface area contributed by atoms with Crippen molar-refractivity contribution in [2.24, 2.45) is 0 Å². The first-order valence-corrected chi connectivity index (χ1v) is 8.29. The highest BCUT2D eigenvalue weighted by Gasteiger charge is 2.12. The van der Waals surface area contributed by atoms with Crippen molar-refractivity contribution in [2.75, 3.05) is 6.61 Å². The second-order valence-corrected chi connectivity index (χ2v) is 5.97. The molecule has 138 valence electrons. The van der Waals surface area contributed by atoms with Gasteiger partial charge < -0.3 is 4.74 Å². The molecule has 0 atom stereocenters. The molecular weight excluding hydrogens is 346 g/mol. The summed E-state index contributed by atoms with van der Waals surface area (Å²) in [5.41, 5.74) is 7.46. The van der Waals surface area contributed by atoms with Crippen LogP contribution in [-0.2, 0) is 4.79 Å². The molecule has 1 heterocycles. The topological polar surface area (TPSA) is 98.1 Å². The zero-order chi connectivity index (χ0) is 19.2. The number of hydrazine groups is 1. The minimum atomic E-state index is -0.572. The Bertz CT molecular complexity index is 933. The number of benzene rings is 2. The van der Waals surface area contributed by atoms with Gasteiger partial charge in [0.1, 0.15) is 5.75 Å². The monoisotopic (exact) mass is 365 g/mol. The second-order valence-electron chi connectivity index (χ2n) is 5.97. The van der Waals surface area contributed by atoms with E-state index in [0.717, 1.165) is 16.8 Å². The molecule has 8 nitrogen and oxygen atoms in total. The second kappa shape index (κ2) is 8.13. The molecule has 2 N–H and O–H groups in total. The zero-order valence-corrected chi connectivity index (χ0v) is 15.0. The van der Waals surface area contributed by atoms with E-state index < -0.39 is 11.8 Å². The van der Waals surface area contributed by atoms with E-state index in [1.165, 1.54) is 11.0 Å². The van der Waals surface area contributed by atoms with Gasteiger partial charge in [0.25, 0.3) is 11.8 Å². The summed E-state index contributed by atoms with van der Waals surface area (Å²) in [6.45, 7) is 3.67. The van der Waals surface area contributed by atoms with E-state index in [1.54, 1.807) is 0 Å². The first-order chi connectivity index (χ1) is 13.0. The Labute approximate surface area is 156 Å². The zero-order valence-electron chi connectivity index (χ0n) is 15.0. The Morgan fingerprint density at radius 1 is 1.04 bits per heavy atom. The number of para-hydroxylation sites is 1. The Kier molecular flexibility index (Phi) is 5.46. The van der Waals surface area contributed by atoms with Gasteiger partial charge in [-0.1, -0.05) is 24.3 Å². The maximum Gasteiger partial charge on any atom is 0.291 e. The van der Waals surface area contributed by atoms with Gasteiger partial charge in [-0.25, -0.2) is 0 Å². The highest BCUT2D eigenvalue weighted by Crippen LogP contribution is 2.15. The van der Waals surface area contributed by atoms with Crippen LogP contribution in [0.15, 0.2) is 54.7 Å². The highest BCUT2D eigenvalue weighted by molar-refractivity contribution is 5.93. The number of carbonyl (C=O) groups is 2. The van der Waals surface area contributed by atoms with Crippen LogP contribution in [0.25, 0.3) is 5.69 Å². The quantitative estimate of drug-likeness (QED) is 0.671. The van der Waals surface area contributed by atoms with Gasteiger partial charge in [0.2, 0.25) is 0 Å². The van der Waals surface area contributed by atoms with E-state index in [-0.39, 0.29) is 12.3 Å². The van der Waals surface area contributed by atoms with E-state index in [9.17, 15) is 9.59 Å². The molecule has 1 aromatic heterocycles. The van der Waals surface area contributed by atoms with Gasteiger partial charge in [0.15, 0.2) is 12.3 Å². The van der Waals surface area contributed by atoms with Gasteiger partial charge in [-0.2, -0.15) is 9.90 Å². The van der Waals surface area contributed by atoms with Crippen LogP contribution >= 0.6 is 0 Å². The van der Waals surface area contributed by atoms with Crippen molar-refractivity contribution in [3.8, 4) is 11.4 Å². The molecule has 0 aliphatic heterocycles. The Morgan fingerprint density at radius 3 is 2.44 bits per heavy atom. The van der Waals surface area contributed by atoms with Crippen molar-refractivity contribution in [1.82, 2.24) is 25.8 Å². The molecule has 0 unspecified atom stereocenters. The van der Waals surface area contributed by atoms with Crippen LogP contribution in [0.5, 0.6) is 5.75 Å². The molecule has 3 aromatic rings. The van der Waals surface area contributed by atoms with Gasteiger partial charge in [0.05, 0.1) is 11.9 Å². The third-order valence-corrected chi connectivity index (χ3v) is 3.59. The van der Waals surface area contributed by atoms with E-state index in [1.807, 2.05) is 62.4 Å². The number of ether oxygens (including phenoxy) is 1. The van der Waals surface area contributed by atoms with Crippen LogP contribution < -0.4 is 15.6 Å². The lowest BCUT2D eigenvalue weighted by molar-refractivity contribution is -0.123. The van der Waals surface area contributed by atoms with Gasteiger partial charge in [-0.3, -0.25) is 20.4 Å². The number of aryl methyl sites for hydroxylation is 2. The number of rotatable bonds is 5. The van der Waals surface area contributed by atoms with Crippen molar-refractivity contribution in [3.05, 3.63) is 71.5 Å². The SMILES string of the molecule is Cc1cc(C)cc(OCC(=O)NNC(=O)c2cnn(-c3ccccc3)n2)c1. The fourth-order valence-electron chi connectivity index (χ4n) is 2.44. The van der Waals surface area contributed by atoms with Crippen LogP contribution in [0.3, 0.4) is 0 Å².